The minimum absolute atomic E-state index is 0.112. The van der Waals surface area contributed by atoms with Gasteiger partial charge in [0.25, 0.3) is 0 Å². The molecule has 2 unspecified atom stereocenters. The van der Waals surface area contributed by atoms with Crippen LogP contribution in [0.5, 0.6) is 0 Å². The highest BCUT2D eigenvalue weighted by Crippen LogP contribution is 2.33. The zero-order valence-corrected chi connectivity index (χ0v) is 13.7. The molecule has 20 heavy (non-hydrogen) atoms. The minimum Gasteiger partial charge on any atom is -0.324 e. The van der Waals surface area contributed by atoms with Crippen LogP contribution in [0, 0.1) is 11.3 Å². The highest BCUT2D eigenvalue weighted by atomic mass is 35.5. The molecule has 1 heterocycles. The van der Waals surface area contributed by atoms with Gasteiger partial charge < -0.3 is 10.6 Å². The Morgan fingerprint density at radius 2 is 1.95 bits per heavy atom. The maximum absolute atomic E-state index is 6.27. The second kappa shape index (κ2) is 6.46. The van der Waals surface area contributed by atoms with E-state index >= 15 is 0 Å². The van der Waals surface area contributed by atoms with Crippen molar-refractivity contribution in [2.24, 2.45) is 17.1 Å². The molecule has 1 aliphatic heterocycles. The Bertz CT molecular complexity index is 422. The Morgan fingerprint density at radius 1 is 1.30 bits per heavy atom. The lowest BCUT2D eigenvalue weighted by Gasteiger charge is -2.27. The van der Waals surface area contributed by atoms with Crippen LogP contribution >= 0.6 is 11.6 Å². The Hall–Kier alpha value is -0.570. The van der Waals surface area contributed by atoms with Crippen LogP contribution < -0.4 is 5.73 Å². The predicted molar refractivity (Wildman–Crippen MR) is 87.0 cm³/mol. The molecule has 0 radical (unpaired) electrons. The van der Waals surface area contributed by atoms with Gasteiger partial charge in [0, 0.05) is 17.6 Å². The number of hydrogen-bond acceptors (Lipinski definition) is 2. The van der Waals surface area contributed by atoms with E-state index in [9.17, 15) is 0 Å². The summed E-state index contributed by atoms with van der Waals surface area (Å²) in [5, 5.41) is 0.772. The molecule has 2 atom stereocenters. The van der Waals surface area contributed by atoms with Crippen LogP contribution in [0.4, 0.5) is 0 Å². The summed E-state index contributed by atoms with van der Waals surface area (Å²) in [6.45, 7) is 10.6. The summed E-state index contributed by atoms with van der Waals surface area (Å²) < 4.78 is 0. The SMILES string of the molecule is CC(C)(C)C1CCN(CCC(N)c2ccc(Cl)cc2)C1. The molecule has 0 aromatic heterocycles. The van der Waals surface area contributed by atoms with Crippen LogP contribution in [0.25, 0.3) is 0 Å². The third kappa shape index (κ3) is 4.21. The second-order valence-electron chi connectivity index (χ2n) is 7.10. The third-order valence-corrected chi connectivity index (χ3v) is 4.80. The molecule has 1 aliphatic rings. The van der Waals surface area contributed by atoms with Crippen molar-refractivity contribution in [2.45, 2.75) is 39.7 Å². The Kier molecular flexibility index (Phi) is 5.11. The third-order valence-electron chi connectivity index (χ3n) is 4.55. The molecule has 1 aromatic carbocycles. The average molecular weight is 295 g/mol. The van der Waals surface area contributed by atoms with Crippen molar-refractivity contribution in [3.63, 3.8) is 0 Å². The van der Waals surface area contributed by atoms with Crippen molar-refractivity contribution in [1.82, 2.24) is 4.90 Å². The van der Waals surface area contributed by atoms with Crippen molar-refractivity contribution in [3.05, 3.63) is 34.9 Å². The molecule has 0 aliphatic carbocycles. The zero-order valence-electron chi connectivity index (χ0n) is 12.9. The Balaban J connectivity index is 1.80. The number of hydrogen-bond donors (Lipinski definition) is 1. The van der Waals surface area contributed by atoms with E-state index in [1.165, 1.54) is 25.1 Å². The number of rotatable bonds is 4. The number of nitrogens with two attached hydrogens (primary N) is 1. The molecule has 2 N–H and O–H groups in total. The molecule has 0 spiro atoms. The van der Waals surface area contributed by atoms with Crippen molar-refractivity contribution in [2.75, 3.05) is 19.6 Å². The summed E-state index contributed by atoms with van der Waals surface area (Å²) in [7, 11) is 0. The van der Waals surface area contributed by atoms with Gasteiger partial charge in [-0.15, -0.1) is 0 Å². The molecule has 1 saturated heterocycles. The summed E-state index contributed by atoms with van der Waals surface area (Å²) in [5.41, 5.74) is 7.88. The summed E-state index contributed by atoms with van der Waals surface area (Å²) >= 11 is 5.91. The summed E-state index contributed by atoms with van der Waals surface area (Å²) in [6, 6.07) is 8.02. The quantitative estimate of drug-likeness (QED) is 0.906. The van der Waals surface area contributed by atoms with Crippen LogP contribution in [0.1, 0.15) is 45.2 Å². The molecule has 1 fully saturated rings. The number of benzene rings is 1. The molecule has 2 nitrogen and oxygen atoms in total. The molecule has 112 valence electrons. The second-order valence-corrected chi connectivity index (χ2v) is 7.54. The molecule has 3 heteroatoms. The van der Waals surface area contributed by atoms with Gasteiger partial charge in [-0.1, -0.05) is 44.5 Å². The van der Waals surface area contributed by atoms with E-state index in [4.69, 9.17) is 17.3 Å². The highest BCUT2D eigenvalue weighted by Gasteiger charge is 2.31. The van der Waals surface area contributed by atoms with Gasteiger partial charge in [0.15, 0.2) is 0 Å². The van der Waals surface area contributed by atoms with Crippen LogP contribution in [-0.4, -0.2) is 24.5 Å². The topological polar surface area (TPSA) is 29.3 Å². The first-order valence-corrected chi connectivity index (χ1v) is 7.97. The number of likely N-dealkylation sites (tertiary alicyclic amines) is 1. The van der Waals surface area contributed by atoms with Crippen LogP contribution in [0.15, 0.2) is 24.3 Å². The van der Waals surface area contributed by atoms with Gasteiger partial charge in [-0.05, 0) is 55.0 Å². The Morgan fingerprint density at radius 3 is 2.50 bits per heavy atom. The van der Waals surface area contributed by atoms with E-state index in [0.717, 1.165) is 23.9 Å². The number of halogens is 1. The van der Waals surface area contributed by atoms with E-state index in [-0.39, 0.29) is 6.04 Å². The summed E-state index contributed by atoms with van der Waals surface area (Å²) in [6.07, 6.45) is 2.33. The molecule has 1 aromatic rings. The van der Waals surface area contributed by atoms with Gasteiger partial charge in [-0.3, -0.25) is 0 Å². The van der Waals surface area contributed by atoms with E-state index in [1.54, 1.807) is 0 Å². The fourth-order valence-corrected chi connectivity index (χ4v) is 3.07. The van der Waals surface area contributed by atoms with Crippen molar-refractivity contribution < 1.29 is 0 Å². The zero-order chi connectivity index (χ0) is 14.8. The minimum atomic E-state index is 0.112. The monoisotopic (exact) mass is 294 g/mol. The fraction of sp³-hybridized carbons (Fsp3) is 0.647. The van der Waals surface area contributed by atoms with Gasteiger partial charge in [-0.25, -0.2) is 0 Å². The van der Waals surface area contributed by atoms with Gasteiger partial charge in [0.2, 0.25) is 0 Å². The maximum atomic E-state index is 6.27. The largest absolute Gasteiger partial charge is 0.324 e. The van der Waals surface area contributed by atoms with E-state index in [1.807, 2.05) is 24.3 Å². The molecule has 0 saturated carbocycles. The first-order valence-electron chi connectivity index (χ1n) is 7.59. The van der Waals surface area contributed by atoms with Gasteiger partial charge >= 0.3 is 0 Å². The van der Waals surface area contributed by atoms with Crippen LogP contribution in [0.2, 0.25) is 5.02 Å². The smallest absolute Gasteiger partial charge is 0.0406 e. The standard InChI is InChI=1S/C17H27ClN2/c1-17(2,3)14-8-10-20(12-14)11-9-16(19)13-4-6-15(18)7-5-13/h4-7,14,16H,8-12,19H2,1-3H3. The molecular formula is C17H27ClN2. The fourth-order valence-electron chi connectivity index (χ4n) is 2.94. The van der Waals surface area contributed by atoms with E-state index < -0.39 is 0 Å². The lowest BCUT2D eigenvalue weighted by molar-refractivity contribution is 0.226. The van der Waals surface area contributed by atoms with Crippen LogP contribution in [0.3, 0.4) is 0 Å². The van der Waals surface area contributed by atoms with E-state index in [0.29, 0.717) is 5.41 Å². The first kappa shape index (κ1) is 15.8. The summed E-state index contributed by atoms with van der Waals surface area (Å²) in [4.78, 5) is 2.56. The molecule has 0 bridgehead atoms. The van der Waals surface area contributed by atoms with Crippen molar-refractivity contribution in [1.29, 1.82) is 0 Å². The lowest BCUT2D eigenvalue weighted by atomic mass is 9.80. The van der Waals surface area contributed by atoms with Gasteiger partial charge in [0.05, 0.1) is 0 Å². The molecule has 0 amide bonds. The van der Waals surface area contributed by atoms with Gasteiger partial charge in [0.1, 0.15) is 0 Å². The molecule has 2 rings (SSSR count). The van der Waals surface area contributed by atoms with Crippen molar-refractivity contribution in [3.8, 4) is 0 Å². The first-order chi connectivity index (χ1) is 9.36. The lowest BCUT2D eigenvalue weighted by Crippen LogP contribution is -2.28. The highest BCUT2D eigenvalue weighted by molar-refractivity contribution is 6.30. The maximum Gasteiger partial charge on any atom is 0.0406 e. The van der Waals surface area contributed by atoms with E-state index in [2.05, 4.69) is 25.7 Å². The van der Waals surface area contributed by atoms with Crippen molar-refractivity contribution >= 4 is 11.6 Å². The predicted octanol–water partition coefficient (Wildman–Crippen LogP) is 4.10. The Labute approximate surface area is 128 Å². The normalized spacial score (nSPS) is 22.1. The van der Waals surface area contributed by atoms with Gasteiger partial charge in [-0.2, -0.15) is 0 Å². The number of nitrogens with zero attached hydrogens (tertiary/aromatic N) is 1. The summed E-state index contributed by atoms with van der Waals surface area (Å²) in [5.74, 6) is 0.814. The average Bonchev–Trinajstić information content (AvgIpc) is 2.85. The van der Waals surface area contributed by atoms with Crippen LogP contribution in [-0.2, 0) is 0 Å². The molecular weight excluding hydrogens is 268 g/mol.